The highest BCUT2D eigenvalue weighted by molar-refractivity contribution is 7.80. The maximum Gasteiger partial charge on any atom is 0.168 e. The molecule has 0 bridgehead atoms. The zero-order valence-corrected chi connectivity index (χ0v) is 11.9. The average molecular weight is 281 g/mol. The summed E-state index contributed by atoms with van der Waals surface area (Å²) >= 11 is 5.00. The summed E-state index contributed by atoms with van der Waals surface area (Å²) in [5.74, 6) is 0. The number of benzene rings is 2. The number of aromatic nitrogens is 1. The van der Waals surface area contributed by atoms with Crippen molar-refractivity contribution in [2.45, 2.75) is 6.92 Å². The Morgan fingerprint density at radius 1 is 1.15 bits per heavy atom. The van der Waals surface area contributed by atoms with Gasteiger partial charge in [0.25, 0.3) is 0 Å². The third kappa shape index (κ3) is 2.26. The van der Waals surface area contributed by atoms with Crippen LogP contribution in [0.25, 0.3) is 22.2 Å². The van der Waals surface area contributed by atoms with Crippen LogP contribution < -0.4 is 11.1 Å². The van der Waals surface area contributed by atoms with Crippen molar-refractivity contribution in [1.29, 1.82) is 0 Å². The van der Waals surface area contributed by atoms with Gasteiger partial charge in [-0.05, 0) is 31.3 Å². The fourth-order valence-corrected chi connectivity index (χ4v) is 2.48. The number of hydrogen-bond acceptors (Lipinski definition) is 1. The summed E-state index contributed by atoms with van der Waals surface area (Å²) in [5.41, 5.74) is 11.0. The van der Waals surface area contributed by atoms with Crippen molar-refractivity contribution in [2.24, 2.45) is 5.73 Å². The molecule has 0 saturated carbocycles. The molecule has 0 aliphatic heterocycles. The van der Waals surface area contributed by atoms with Gasteiger partial charge < -0.3 is 16.0 Å². The van der Waals surface area contributed by atoms with Crippen molar-refractivity contribution in [3.63, 3.8) is 0 Å². The van der Waals surface area contributed by atoms with Crippen molar-refractivity contribution in [2.75, 3.05) is 5.32 Å². The minimum absolute atomic E-state index is 0.268. The number of aromatic amines is 1. The fourth-order valence-electron chi connectivity index (χ4n) is 2.38. The Bertz CT molecular complexity index is 775. The number of nitrogens with two attached hydrogens (primary N) is 1. The molecule has 3 rings (SSSR count). The van der Waals surface area contributed by atoms with E-state index in [0.717, 1.165) is 27.8 Å². The quantitative estimate of drug-likeness (QED) is 0.626. The van der Waals surface area contributed by atoms with E-state index in [1.54, 1.807) is 0 Å². The normalized spacial score (nSPS) is 10.7. The number of anilines is 1. The molecule has 0 unspecified atom stereocenters. The van der Waals surface area contributed by atoms with E-state index in [4.69, 9.17) is 18.0 Å². The first-order valence-electron chi connectivity index (χ1n) is 6.39. The van der Waals surface area contributed by atoms with Crippen LogP contribution in [0.15, 0.2) is 48.5 Å². The lowest BCUT2D eigenvalue weighted by Gasteiger charge is -2.07. The highest BCUT2D eigenvalue weighted by Crippen LogP contribution is 2.35. The zero-order valence-electron chi connectivity index (χ0n) is 11.1. The summed E-state index contributed by atoms with van der Waals surface area (Å²) in [6.45, 7) is 2.07. The van der Waals surface area contributed by atoms with Gasteiger partial charge in [0.05, 0.1) is 11.4 Å². The van der Waals surface area contributed by atoms with Crippen LogP contribution in [-0.2, 0) is 0 Å². The molecule has 4 heteroatoms. The monoisotopic (exact) mass is 281 g/mol. The van der Waals surface area contributed by atoms with E-state index in [9.17, 15) is 0 Å². The van der Waals surface area contributed by atoms with Gasteiger partial charge >= 0.3 is 0 Å². The molecule has 0 aliphatic rings. The summed E-state index contributed by atoms with van der Waals surface area (Å²) in [4.78, 5) is 3.44. The van der Waals surface area contributed by atoms with Gasteiger partial charge in [0.15, 0.2) is 5.11 Å². The molecule has 1 aromatic heterocycles. The van der Waals surface area contributed by atoms with Crippen LogP contribution in [0.3, 0.4) is 0 Å². The molecule has 100 valence electrons. The lowest BCUT2D eigenvalue weighted by molar-refractivity contribution is 1.44. The van der Waals surface area contributed by atoms with Crippen molar-refractivity contribution in [3.05, 3.63) is 54.1 Å². The van der Waals surface area contributed by atoms with Crippen LogP contribution in [0.5, 0.6) is 0 Å². The van der Waals surface area contributed by atoms with E-state index in [2.05, 4.69) is 47.6 Å². The molecule has 0 fully saturated rings. The van der Waals surface area contributed by atoms with Crippen LogP contribution in [0, 0.1) is 6.92 Å². The molecule has 0 atom stereocenters. The number of thiocarbonyl (C=S) groups is 1. The van der Waals surface area contributed by atoms with E-state index in [-0.39, 0.29) is 5.11 Å². The second kappa shape index (κ2) is 4.98. The van der Waals surface area contributed by atoms with Crippen molar-refractivity contribution in [1.82, 2.24) is 4.98 Å². The minimum atomic E-state index is 0.268. The Labute approximate surface area is 122 Å². The van der Waals surface area contributed by atoms with Crippen molar-refractivity contribution >= 4 is 33.9 Å². The number of rotatable bonds is 2. The first kappa shape index (κ1) is 12.7. The van der Waals surface area contributed by atoms with Gasteiger partial charge in [0, 0.05) is 16.5 Å². The molecule has 1 heterocycles. The molecule has 4 N–H and O–H groups in total. The lowest BCUT2D eigenvalue weighted by atomic mass is 10.1. The fraction of sp³-hybridized carbons (Fsp3) is 0.0625. The van der Waals surface area contributed by atoms with Crippen LogP contribution in [-0.4, -0.2) is 10.1 Å². The van der Waals surface area contributed by atoms with Crippen LogP contribution in [0.4, 0.5) is 5.69 Å². The van der Waals surface area contributed by atoms with Gasteiger partial charge in [0.1, 0.15) is 0 Å². The molecule has 2 aromatic carbocycles. The van der Waals surface area contributed by atoms with E-state index >= 15 is 0 Å². The number of nitrogens with one attached hydrogen (secondary N) is 2. The summed E-state index contributed by atoms with van der Waals surface area (Å²) in [5, 5.41) is 4.46. The molecule has 0 amide bonds. The number of H-pyrrole nitrogens is 1. The van der Waals surface area contributed by atoms with Gasteiger partial charge in [-0.3, -0.25) is 0 Å². The predicted molar refractivity (Wildman–Crippen MR) is 88.9 cm³/mol. The van der Waals surface area contributed by atoms with Crippen LogP contribution in [0.1, 0.15) is 5.56 Å². The second-order valence-electron chi connectivity index (χ2n) is 4.78. The van der Waals surface area contributed by atoms with Gasteiger partial charge in [0.2, 0.25) is 0 Å². The Kier molecular flexibility index (Phi) is 3.16. The average Bonchev–Trinajstić information content (AvgIpc) is 2.77. The van der Waals surface area contributed by atoms with E-state index in [1.807, 2.05) is 18.2 Å². The summed E-state index contributed by atoms with van der Waals surface area (Å²) < 4.78 is 0. The number of aryl methyl sites for hydroxylation is 1. The first-order valence-corrected chi connectivity index (χ1v) is 6.80. The SMILES string of the molecule is Cc1ccc2[nH]c(-c3ccccc3)c(NC(N)=S)c2c1. The smallest absolute Gasteiger partial charge is 0.168 e. The van der Waals surface area contributed by atoms with Crippen LogP contribution in [0.2, 0.25) is 0 Å². The summed E-state index contributed by atoms with van der Waals surface area (Å²) in [6.07, 6.45) is 0. The molecular weight excluding hydrogens is 266 g/mol. The molecule has 0 aliphatic carbocycles. The summed E-state index contributed by atoms with van der Waals surface area (Å²) in [7, 11) is 0. The molecule has 3 nitrogen and oxygen atoms in total. The highest BCUT2D eigenvalue weighted by atomic mass is 32.1. The Morgan fingerprint density at radius 3 is 2.60 bits per heavy atom. The molecule has 0 saturated heterocycles. The van der Waals surface area contributed by atoms with E-state index in [1.165, 1.54) is 5.56 Å². The molecule has 3 aromatic rings. The standard InChI is InChI=1S/C16H15N3S/c1-10-7-8-13-12(9-10)15(19-16(17)20)14(18-13)11-5-3-2-4-6-11/h2-9,18H,1H3,(H3,17,19,20). The Balaban J connectivity index is 2.28. The largest absolute Gasteiger partial charge is 0.376 e. The molecule has 20 heavy (non-hydrogen) atoms. The van der Waals surface area contributed by atoms with Gasteiger partial charge in [-0.25, -0.2) is 0 Å². The van der Waals surface area contributed by atoms with Gasteiger partial charge in [-0.2, -0.15) is 0 Å². The van der Waals surface area contributed by atoms with Crippen molar-refractivity contribution < 1.29 is 0 Å². The number of fused-ring (bicyclic) bond motifs is 1. The second-order valence-corrected chi connectivity index (χ2v) is 5.22. The molecule has 0 radical (unpaired) electrons. The maximum atomic E-state index is 5.67. The third-order valence-electron chi connectivity index (χ3n) is 3.26. The Morgan fingerprint density at radius 2 is 1.90 bits per heavy atom. The van der Waals surface area contributed by atoms with E-state index < -0.39 is 0 Å². The highest BCUT2D eigenvalue weighted by Gasteiger charge is 2.13. The van der Waals surface area contributed by atoms with Crippen LogP contribution >= 0.6 is 12.2 Å². The van der Waals surface area contributed by atoms with Crippen molar-refractivity contribution in [3.8, 4) is 11.3 Å². The maximum absolute atomic E-state index is 5.67. The predicted octanol–water partition coefficient (Wildman–Crippen LogP) is 3.80. The topological polar surface area (TPSA) is 53.8 Å². The van der Waals surface area contributed by atoms with Gasteiger partial charge in [-0.1, -0.05) is 42.0 Å². The number of hydrogen-bond donors (Lipinski definition) is 3. The first-order chi connectivity index (χ1) is 9.65. The molecule has 0 spiro atoms. The zero-order chi connectivity index (χ0) is 14.1. The lowest BCUT2D eigenvalue weighted by Crippen LogP contribution is -2.19. The minimum Gasteiger partial charge on any atom is -0.376 e. The Hall–Kier alpha value is -2.33. The third-order valence-corrected chi connectivity index (χ3v) is 3.37. The van der Waals surface area contributed by atoms with E-state index in [0.29, 0.717) is 0 Å². The van der Waals surface area contributed by atoms with Gasteiger partial charge in [-0.15, -0.1) is 0 Å². The summed E-state index contributed by atoms with van der Waals surface area (Å²) in [6, 6.07) is 16.4. The molecular formula is C16H15N3S.